The zero-order valence-corrected chi connectivity index (χ0v) is 11.2. The minimum atomic E-state index is -4.44. The average molecular weight is 301 g/mol. The Morgan fingerprint density at radius 1 is 1.26 bits per heavy atom. The Kier molecular flexibility index (Phi) is 4.64. The molecule has 0 aromatic carbocycles. The third kappa shape index (κ3) is 3.95. The van der Waals surface area contributed by atoms with Crippen LogP contribution in [0.3, 0.4) is 0 Å². The van der Waals surface area contributed by atoms with Gasteiger partial charge in [-0.3, -0.25) is 0 Å². The van der Waals surface area contributed by atoms with Crippen molar-refractivity contribution in [3.8, 4) is 0 Å². The number of aryl methyl sites for hydroxylation is 2. The van der Waals surface area contributed by atoms with E-state index in [4.69, 9.17) is 9.52 Å². The summed E-state index contributed by atoms with van der Waals surface area (Å²) >= 11 is 0. The Morgan fingerprint density at radius 2 is 1.84 bits per heavy atom. The highest BCUT2D eigenvalue weighted by Gasteiger charge is 2.30. The fourth-order valence-electron chi connectivity index (χ4n) is 1.64. The van der Waals surface area contributed by atoms with Crippen molar-refractivity contribution in [3.63, 3.8) is 0 Å². The van der Waals surface area contributed by atoms with Gasteiger partial charge in [-0.15, -0.1) is 0 Å². The Labute approximate surface area is 108 Å². The summed E-state index contributed by atoms with van der Waals surface area (Å²) in [4.78, 5) is -0.297. The summed E-state index contributed by atoms with van der Waals surface area (Å²) in [5.74, 6) is 0.247. The maximum atomic E-state index is 12.0. The van der Waals surface area contributed by atoms with Gasteiger partial charge in [0.25, 0.3) is 0 Å². The SMILES string of the molecule is Cc1oc(C)c(S(=O)(=O)NCCC(F)(F)F)c1CO. The normalized spacial score (nSPS) is 12.9. The van der Waals surface area contributed by atoms with Crippen molar-refractivity contribution in [2.75, 3.05) is 6.54 Å². The highest BCUT2D eigenvalue weighted by Crippen LogP contribution is 2.26. The van der Waals surface area contributed by atoms with E-state index in [9.17, 15) is 21.6 Å². The maximum Gasteiger partial charge on any atom is 0.390 e. The number of hydrogen-bond donors (Lipinski definition) is 2. The van der Waals surface area contributed by atoms with E-state index in [1.807, 2.05) is 4.72 Å². The number of furan rings is 1. The fourth-order valence-corrected chi connectivity index (χ4v) is 3.11. The van der Waals surface area contributed by atoms with E-state index in [-0.39, 0.29) is 22.0 Å². The molecule has 0 aliphatic heterocycles. The minimum absolute atomic E-state index is 0.0288. The van der Waals surface area contributed by atoms with E-state index in [1.165, 1.54) is 13.8 Å². The van der Waals surface area contributed by atoms with Crippen molar-refractivity contribution < 1.29 is 31.1 Å². The third-order valence-electron chi connectivity index (χ3n) is 2.45. The van der Waals surface area contributed by atoms with E-state index in [2.05, 4.69) is 0 Å². The Bertz CT molecular complexity index is 548. The molecule has 110 valence electrons. The third-order valence-corrected chi connectivity index (χ3v) is 4.11. The van der Waals surface area contributed by atoms with Crippen molar-refractivity contribution in [1.29, 1.82) is 0 Å². The van der Waals surface area contributed by atoms with Gasteiger partial charge in [0.2, 0.25) is 10.0 Å². The lowest BCUT2D eigenvalue weighted by molar-refractivity contribution is -0.132. The molecule has 0 atom stereocenters. The van der Waals surface area contributed by atoms with Crippen LogP contribution in [0.15, 0.2) is 9.31 Å². The van der Waals surface area contributed by atoms with Crippen LogP contribution < -0.4 is 4.72 Å². The number of alkyl halides is 3. The number of aliphatic hydroxyl groups is 1. The molecule has 0 unspecified atom stereocenters. The summed E-state index contributed by atoms with van der Waals surface area (Å²) in [5.41, 5.74) is 0.0528. The molecule has 1 rings (SSSR count). The zero-order chi connectivity index (χ0) is 14.8. The Hall–Kier alpha value is -1.06. The topological polar surface area (TPSA) is 79.5 Å². The van der Waals surface area contributed by atoms with Crippen LogP contribution in [0.5, 0.6) is 0 Å². The van der Waals surface area contributed by atoms with Gasteiger partial charge in [0.1, 0.15) is 16.4 Å². The number of rotatable bonds is 5. The van der Waals surface area contributed by atoms with Gasteiger partial charge >= 0.3 is 6.18 Å². The molecule has 0 fully saturated rings. The molecule has 1 aromatic heterocycles. The first-order chi connectivity index (χ1) is 8.58. The molecule has 0 aliphatic rings. The number of hydrogen-bond acceptors (Lipinski definition) is 4. The molecule has 0 radical (unpaired) electrons. The highest BCUT2D eigenvalue weighted by molar-refractivity contribution is 7.89. The molecule has 0 spiro atoms. The molecule has 19 heavy (non-hydrogen) atoms. The average Bonchev–Trinajstić information content (AvgIpc) is 2.50. The van der Waals surface area contributed by atoms with Crippen molar-refractivity contribution in [3.05, 3.63) is 17.1 Å². The monoisotopic (exact) mass is 301 g/mol. The van der Waals surface area contributed by atoms with Crippen LogP contribution in [-0.2, 0) is 16.6 Å². The van der Waals surface area contributed by atoms with Crippen molar-refractivity contribution in [1.82, 2.24) is 4.72 Å². The van der Waals surface area contributed by atoms with E-state index < -0.39 is 35.8 Å². The van der Waals surface area contributed by atoms with Crippen LogP contribution in [0.1, 0.15) is 23.5 Å². The number of sulfonamides is 1. The molecule has 0 saturated heterocycles. The van der Waals surface area contributed by atoms with E-state index in [1.54, 1.807) is 0 Å². The second kappa shape index (κ2) is 5.51. The first kappa shape index (κ1) is 16.0. The molecule has 1 heterocycles. The standard InChI is InChI=1S/C10H14F3NO4S/c1-6-8(5-15)9(7(2)18-6)19(16,17)14-4-3-10(11,12)13/h14-15H,3-5H2,1-2H3. The lowest BCUT2D eigenvalue weighted by Gasteiger charge is -2.09. The van der Waals surface area contributed by atoms with Gasteiger partial charge in [0.15, 0.2) is 0 Å². The Balaban J connectivity index is 2.95. The summed E-state index contributed by atoms with van der Waals surface area (Å²) in [6.45, 7) is 1.50. The molecule has 0 saturated carbocycles. The van der Waals surface area contributed by atoms with Crippen LogP contribution in [0.2, 0.25) is 0 Å². The molecule has 9 heteroatoms. The number of halogens is 3. The fraction of sp³-hybridized carbons (Fsp3) is 0.600. The molecule has 0 aliphatic carbocycles. The molecule has 5 nitrogen and oxygen atoms in total. The predicted octanol–water partition coefficient (Wildman–Crippen LogP) is 1.62. The first-order valence-corrected chi connectivity index (χ1v) is 6.83. The van der Waals surface area contributed by atoms with E-state index in [0.717, 1.165) is 0 Å². The molecule has 1 aromatic rings. The zero-order valence-electron chi connectivity index (χ0n) is 10.3. The van der Waals surface area contributed by atoms with Gasteiger partial charge in [-0.2, -0.15) is 13.2 Å². The van der Waals surface area contributed by atoms with Gasteiger partial charge < -0.3 is 9.52 Å². The van der Waals surface area contributed by atoms with E-state index in [0.29, 0.717) is 0 Å². The lowest BCUT2D eigenvalue weighted by Crippen LogP contribution is -2.29. The molecule has 2 N–H and O–H groups in total. The van der Waals surface area contributed by atoms with Gasteiger partial charge in [-0.1, -0.05) is 0 Å². The van der Waals surface area contributed by atoms with Crippen LogP contribution in [0, 0.1) is 13.8 Å². The summed E-state index contributed by atoms with van der Waals surface area (Å²) in [6.07, 6.45) is -5.71. The summed E-state index contributed by atoms with van der Waals surface area (Å²) in [6, 6.07) is 0. The van der Waals surface area contributed by atoms with Crippen LogP contribution in [-0.4, -0.2) is 26.2 Å². The van der Waals surface area contributed by atoms with Crippen LogP contribution >= 0.6 is 0 Å². The number of aliphatic hydroxyl groups excluding tert-OH is 1. The first-order valence-electron chi connectivity index (χ1n) is 5.34. The van der Waals surface area contributed by atoms with Gasteiger partial charge in [-0.05, 0) is 13.8 Å². The second-order valence-corrected chi connectivity index (χ2v) is 5.65. The quantitative estimate of drug-likeness (QED) is 0.866. The van der Waals surface area contributed by atoms with Crippen molar-refractivity contribution in [2.45, 2.75) is 37.9 Å². The van der Waals surface area contributed by atoms with Gasteiger partial charge in [0, 0.05) is 12.1 Å². The molecule has 0 amide bonds. The Morgan fingerprint density at radius 3 is 2.32 bits per heavy atom. The van der Waals surface area contributed by atoms with Gasteiger partial charge in [0.05, 0.1) is 13.0 Å². The summed E-state index contributed by atoms with van der Waals surface area (Å²) in [7, 11) is -4.14. The molecule has 0 bridgehead atoms. The van der Waals surface area contributed by atoms with Gasteiger partial charge in [-0.25, -0.2) is 13.1 Å². The summed E-state index contributed by atoms with van der Waals surface area (Å²) in [5, 5.41) is 9.10. The molecular weight excluding hydrogens is 287 g/mol. The molecular formula is C10H14F3NO4S. The minimum Gasteiger partial charge on any atom is -0.465 e. The van der Waals surface area contributed by atoms with E-state index >= 15 is 0 Å². The highest BCUT2D eigenvalue weighted by atomic mass is 32.2. The predicted molar refractivity (Wildman–Crippen MR) is 60.0 cm³/mol. The number of nitrogens with one attached hydrogen (secondary N) is 1. The van der Waals surface area contributed by atoms with Crippen molar-refractivity contribution >= 4 is 10.0 Å². The van der Waals surface area contributed by atoms with Crippen molar-refractivity contribution in [2.24, 2.45) is 0 Å². The maximum absolute atomic E-state index is 12.0. The van der Waals surface area contributed by atoms with Crippen LogP contribution in [0.25, 0.3) is 0 Å². The van der Waals surface area contributed by atoms with Crippen LogP contribution in [0.4, 0.5) is 13.2 Å². The largest absolute Gasteiger partial charge is 0.465 e. The smallest absolute Gasteiger partial charge is 0.390 e. The summed E-state index contributed by atoms with van der Waals surface area (Å²) < 4.78 is 66.6. The second-order valence-electron chi connectivity index (χ2n) is 3.94. The lowest BCUT2D eigenvalue weighted by atomic mass is 10.2.